The molecule has 2 aliphatic heterocycles. The topological polar surface area (TPSA) is 102 Å². The van der Waals surface area contributed by atoms with Crippen LogP contribution in [0.15, 0.2) is 63.7 Å². The van der Waals surface area contributed by atoms with Gasteiger partial charge in [0.2, 0.25) is 0 Å². The van der Waals surface area contributed by atoms with Crippen molar-refractivity contribution in [3.63, 3.8) is 0 Å². The number of para-hydroxylation sites is 1. The number of nitrogens with zero attached hydrogens (tertiary/aromatic N) is 3. The lowest BCUT2D eigenvalue weighted by molar-refractivity contribution is -0.166. The minimum atomic E-state index is -1.40. The van der Waals surface area contributed by atoms with Gasteiger partial charge < -0.3 is 9.47 Å². The highest BCUT2D eigenvalue weighted by Crippen LogP contribution is 2.63. The second-order valence-electron chi connectivity index (χ2n) is 7.20. The largest absolute Gasteiger partial charge is 0.468 e. The number of hydrogen-bond acceptors (Lipinski definition) is 6. The maximum Gasteiger partial charge on any atom is 0.352 e. The molecule has 0 N–H and O–H groups in total. The molecule has 1 aromatic heterocycles. The summed E-state index contributed by atoms with van der Waals surface area (Å²) in [6.45, 7) is 0. The fraction of sp³-hybridized carbons (Fsp3) is 0.300. The van der Waals surface area contributed by atoms with Crippen molar-refractivity contribution in [2.24, 2.45) is 11.3 Å². The van der Waals surface area contributed by atoms with Crippen LogP contribution in [0, 0.1) is 11.3 Å². The van der Waals surface area contributed by atoms with Crippen LogP contribution in [0.3, 0.4) is 0 Å². The van der Waals surface area contributed by atoms with Crippen LogP contribution >= 0.6 is 0 Å². The van der Waals surface area contributed by atoms with Crippen molar-refractivity contribution in [2.45, 2.75) is 12.1 Å². The van der Waals surface area contributed by atoms with E-state index < -0.39 is 46.7 Å². The molecule has 9 heteroatoms. The Morgan fingerprint density at radius 1 is 0.966 bits per heavy atom. The Morgan fingerprint density at radius 2 is 1.66 bits per heavy atom. The molecule has 2 aliphatic carbocycles. The zero-order valence-corrected chi connectivity index (χ0v) is 15.6. The van der Waals surface area contributed by atoms with Gasteiger partial charge in [-0.1, -0.05) is 36.4 Å². The summed E-state index contributed by atoms with van der Waals surface area (Å²) in [4.78, 5) is 51.7. The maximum absolute atomic E-state index is 13.3. The van der Waals surface area contributed by atoms with Crippen LogP contribution in [0.4, 0.5) is 0 Å². The summed E-state index contributed by atoms with van der Waals surface area (Å²) in [7, 11) is 2.46. The zero-order valence-electron chi connectivity index (χ0n) is 15.6. The Labute approximate surface area is 164 Å². The van der Waals surface area contributed by atoms with Gasteiger partial charge in [0.15, 0.2) is 0 Å². The van der Waals surface area contributed by atoms with Gasteiger partial charge >= 0.3 is 23.3 Å². The van der Waals surface area contributed by atoms with E-state index in [1.54, 1.807) is 48.6 Å². The van der Waals surface area contributed by atoms with E-state index in [9.17, 15) is 19.2 Å². The number of allylic oxidation sites excluding steroid dienone is 3. The summed E-state index contributed by atoms with van der Waals surface area (Å²) in [5.74, 6) is -1.79. The summed E-state index contributed by atoms with van der Waals surface area (Å²) in [5, 5.41) is 0. The Morgan fingerprint density at radius 3 is 2.31 bits per heavy atom. The van der Waals surface area contributed by atoms with Crippen LogP contribution in [-0.4, -0.2) is 40.1 Å². The van der Waals surface area contributed by atoms with E-state index in [-0.39, 0.29) is 5.57 Å². The highest BCUT2D eigenvalue weighted by molar-refractivity contribution is 6.02. The molecule has 3 heterocycles. The molecule has 2 aromatic rings. The third kappa shape index (κ3) is 1.84. The Hall–Kier alpha value is -3.62. The number of benzene rings is 1. The molecule has 29 heavy (non-hydrogen) atoms. The van der Waals surface area contributed by atoms with E-state index in [1.165, 1.54) is 23.6 Å². The summed E-state index contributed by atoms with van der Waals surface area (Å²) in [5.41, 5.74) is -1.91. The molecule has 0 amide bonds. The molecule has 0 saturated heterocycles. The minimum absolute atomic E-state index is 0.147. The van der Waals surface area contributed by atoms with E-state index in [4.69, 9.17) is 9.47 Å². The molecule has 0 saturated carbocycles. The van der Waals surface area contributed by atoms with Gasteiger partial charge in [-0.15, -0.1) is 0 Å². The third-order valence-corrected chi connectivity index (χ3v) is 6.14. The van der Waals surface area contributed by atoms with Crippen LogP contribution in [0.5, 0.6) is 0 Å². The van der Waals surface area contributed by atoms with Gasteiger partial charge in [-0.2, -0.15) is 0 Å². The van der Waals surface area contributed by atoms with Crippen LogP contribution in [-0.2, 0) is 19.1 Å². The fourth-order valence-corrected chi connectivity index (χ4v) is 4.93. The molecule has 2 bridgehead atoms. The fourth-order valence-electron chi connectivity index (χ4n) is 4.93. The van der Waals surface area contributed by atoms with Crippen molar-refractivity contribution in [1.29, 1.82) is 0 Å². The van der Waals surface area contributed by atoms with E-state index in [1.807, 2.05) is 0 Å². The number of hydrogen-bond donors (Lipinski definition) is 0. The number of aromatic nitrogens is 3. The number of carbonyl (C=O) groups excluding carboxylic acids is 2. The second-order valence-corrected chi connectivity index (χ2v) is 7.20. The Balaban J connectivity index is 1.78. The van der Waals surface area contributed by atoms with Crippen LogP contribution < -0.4 is 11.4 Å². The summed E-state index contributed by atoms with van der Waals surface area (Å²) in [6.07, 6.45) is 5.10. The summed E-state index contributed by atoms with van der Waals surface area (Å²) in [6, 6.07) is 7.08. The first kappa shape index (κ1) is 17.5. The molecular weight excluding hydrogens is 378 g/mol. The highest BCUT2D eigenvalue weighted by Gasteiger charge is 2.69. The lowest BCUT2D eigenvalue weighted by Crippen LogP contribution is -2.64. The molecule has 9 nitrogen and oxygen atoms in total. The molecule has 0 fully saturated rings. The van der Waals surface area contributed by atoms with Crippen molar-refractivity contribution < 1.29 is 19.1 Å². The van der Waals surface area contributed by atoms with Crippen molar-refractivity contribution in [3.05, 3.63) is 75.1 Å². The van der Waals surface area contributed by atoms with Crippen LogP contribution in [0.2, 0.25) is 0 Å². The van der Waals surface area contributed by atoms with Gasteiger partial charge in [0, 0.05) is 5.92 Å². The van der Waals surface area contributed by atoms with Crippen molar-refractivity contribution in [2.75, 3.05) is 14.2 Å². The molecule has 0 radical (unpaired) electrons. The molecule has 1 aromatic carbocycles. The standard InChI is InChI=1S/C20H17N3O6/c1-28-16(24)13-10-12-14-8-9-15(20(12,13)17(25)29-2)23-19(27)21(18(26)22(14)23)11-6-4-3-5-7-11/h3-10,12,14-15H,1-2H3/t12-,14+,15-,20-/m0/s1. The smallest absolute Gasteiger partial charge is 0.352 e. The van der Waals surface area contributed by atoms with Crippen LogP contribution in [0.1, 0.15) is 12.1 Å². The van der Waals surface area contributed by atoms with E-state index in [0.29, 0.717) is 5.69 Å². The number of ether oxygens (including phenoxy) is 2. The Kier molecular flexibility index (Phi) is 3.43. The number of esters is 2. The molecule has 4 aliphatic rings. The van der Waals surface area contributed by atoms with Gasteiger partial charge in [0.25, 0.3) is 0 Å². The first-order chi connectivity index (χ1) is 14.0. The molecular formula is C20H17N3O6. The lowest BCUT2D eigenvalue weighted by atomic mass is 9.51. The van der Waals surface area contributed by atoms with Gasteiger partial charge in [-0.05, 0) is 12.1 Å². The molecule has 4 atom stereocenters. The quantitative estimate of drug-likeness (QED) is 0.549. The van der Waals surface area contributed by atoms with E-state index in [2.05, 4.69) is 0 Å². The number of rotatable bonds is 3. The molecule has 148 valence electrons. The summed E-state index contributed by atoms with van der Waals surface area (Å²) >= 11 is 0. The first-order valence-electron chi connectivity index (χ1n) is 9.07. The van der Waals surface area contributed by atoms with Gasteiger partial charge in [-0.3, -0.25) is 4.79 Å². The SMILES string of the molecule is COC(=O)C1=C[C@H]2[C@H]3C=C[C@H](n4c(=O)n(-c5ccccc5)c(=O)n43)[C@@]12C(=O)OC. The highest BCUT2D eigenvalue weighted by atomic mass is 16.5. The predicted molar refractivity (Wildman–Crippen MR) is 99.5 cm³/mol. The first-order valence-corrected chi connectivity index (χ1v) is 9.07. The average Bonchev–Trinajstić information content (AvgIpc) is 3.00. The van der Waals surface area contributed by atoms with Crippen molar-refractivity contribution >= 4 is 11.9 Å². The average molecular weight is 395 g/mol. The normalized spacial score (nSPS) is 28.1. The van der Waals surface area contributed by atoms with Crippen molar-refractivity contribution in [1.82, 2.24) is 13.9 Å². The molecule has 0 spiro atoms. The second kappa shape index (κ2) is 5.69. The van der Waals surface area contributed by atoms with Gasteiger partial charge in [0.1, 0.15) is 5.41 Å². The van der Waals surface area contributed by atoms with Gasteiger partial charge in [-0.25, -0.2) is 28.3 Å². The van der Waals surface area contributed by atoms with E-state index in [0.717, 1.165) is 4.57 Å². The number of carbonyl (C=O) groups is 2. The molecule has 0 unspecified atom stereocenters. The monoisotopic (exact) mass is 395 g/mol. The third-order valence-electron chi connectivity index (χ3n) is 6.14. The predicted octanol–water partition coefficient (Wildman–Crippen LogP) is 0.355. The number of methoxy groups -OCH3 is 2. The minimum Gasteiger partial charge on any atom is -0.468 e. The Bertz CT molecular complexity index is 1230. The summed E-state index contributed by atoms with van der Waals surface area (Å²) < 4.78 is 13.6. The van der Waals surface area contributed by atoms with E-state index >= 15 is 0 Å². The van der Waals surface area contributed by atoms with Crippen LogP contribution in [0.25, 0.3) is 5.69 Å². The lowest BCUT2D eigenvalue weighted by Gasteiger charge is -2.56. The zero-order chi connectivity index (χ0) is 20.5. The van der Waals surface area contributed by atoms with Crippen molar-refractivity contribution in [3.8, 4) is 5.69 Å². The molecule has 6 rings (SSSR count). The maximum atomic E-state index is 13.3. The van der Waals surface area contributed by atoms with Gasteiger partial charge in [0.05, 0.1) is 37.6 Å².